The summed E-state index contributed by atoms with van der Waals surface area (Å²) in [6.07, 6.45) is 3.31. The number of hydrogen-bond acceptors (Lipinski definition) is 2. The molecular formula is C7H9ClN2O. The molecule has 0 fully saturated rings. The first kappa shape index (κ1) is 8.27. The Balaban J connectivity index is 2.73. The second-order valence-corrected chi connectivity index (χ2v) is 2.61. The smallest absolute Gasteiger partial charge is 0.270 e. The lowest BCUT2D eigenvalue weighted by Crippen LogP contribution is -1.90. The standard InChI is InChI=1S/C7H9ClN2O/c1-2-3-6-9-4-5(10-6)7(8)11/h4H,2-3H2,1H3,(H,9,10). The molecule has 0 spiro atoms. The molecule has 1 aromatic heterocycles. The average molecular weight is 173 g/mol. The largest absolute Gasteiger partial charge is 0.339 e. The zero-order valence-corrected chi connectivity index (χ0v) is 6.98. The summed E-state index contributed by atoms with van der Waals surface area (Å²) in [4.78, 5) is 17.3. The number of aromatic amines is 1. The van der Waals surface area contributed by atoms with Crippen molar-refractivity contribution in [2.24, 2.45) is 0 Å². The number of nitrogens with one attached hydrogen (secondary N) is 1. The van der Waals surface area contributed by atoms with Crippen LogP contribution in [-0.2, 0) is 6.42 Å². The molecule has 0 aliphatic heterocycles. The summed E-state index contributed by atoms with van der Waals surface area (Å²) in [5.41, 5.74) is 0.370. The minimum Gasteiger partial charge on any atom is -0.339 e. The van der Waals surface area contributed by atoms with Crippen molar-refractivity contribution >= 4 is 16.8 Å². The minimum atomic E-state index is -0.486. The normalized spacial score (nSPS) is 10.0. The van der Waals surface area contributed by atoms with Crippen molar-refractivity contribution in [3.8, 4) is 0 Å². The Bertz CT molecular complexity index is 257. The first-order chi connectivity index (χ1) is 5.24. The van der Waals surface area contributed by atoms with Gasteiger partial charge in [0.1, 0.15) is 11.5 Å². The number of nitrogens with zero attached hydrogens (tertiary/aromatic N) is 1. The predicted octanol–water partition coefficient (Wildman–Crippen LogP) is 1.74. The van der Waals surface area contributed by atoms with Crippen LogP contribution in [0.4, 0.5) is 0 Å². The number of aryl methyl sites for hydroxylation is 1. The highest BCUT2D eigenvalue weighted by molar-refractivity contribution is 6.67. The number of hydrogen-bond donors (Lipinski definition) is 1. The van der Waals surface area contributed by atoms with Gasteiger partial charge in [-0.2, -0.15) is 0 Å². The van der Waals surface area contributed by atoms with E-state index in [1.807, 2.05) is 6.92 Å². The van der Waals surface area contributed by atoms with Crippen LogP contribution in [0.3, 0.4) is 0 Å². The number of H-pyrrole nitrogens is 1. The second-order valence-electron chi connectivity index (χ2n) is 2.27. The summed E-state index contributed by atoms with van der Waals surface area (Å²) < 4.78 is 0. The van der Waals surface area contributed by atoms with E-state index in [2.05, 4.69) is 9.97 Å². The summed E-state index contributed by atoms with van der Waals surface area (Å²) in [6, 6.07) is 0. The summed E-state index contributed by atoms with van der Waals surface area (Å²) in [5, 5.41) is -0.486. The minimum absolute atomic E-state index is 0.370. The molecule has 0 unspecified atom stereocenters. The molecule has 1 N–H and O–H groups in total. The van der Waals surface area contributed by atoms with Crippen LogP contribution >= 0.6 is 11.6 Å². The van der Waals surface area contributed by atoms with Gasteiger partial charge in [-0.25, -0.2) is 4.98 Å². The highest BCUT2D eigenvalue weighted by atomic mass is 35.5. The van der Waals surface area contributed by atoms with Gasteiger partial charge in [0.05, 0.1) is 6.20 Å². The molecular weight excluding hydrogens is 164 g/mol. The highest BCUT2D eigenvalue weighted by Crippen LogP contribution is 2.02. The second kappa shape index (κ2) is 3.53. The van der Waals surface area contributed by atoms with Crippen molar-refractivity contribution in [2.75, 3.05) is 0 Å². The molecule has 0 aliphatic rings. The topological polar surface area (TPSA) is 45.8 Å². The maximum atomic E-state index is 10.6. The van der Waals surface area contributed by atoms with Crippen LogP contribution in [0.15, 0.2) is 6.20 Å². The number of carbonyl (C=O) groups excluding carboxylic acids is 1. The Morgan fingerprint density at radius 1 is 1.82 bits per heavy atom. The van der Waals surface area contributed by atoms with E-state index in [1.54, 1.807) is 0 Å². The summed E-state index contributed by atoms with van der Waals surface area (Å²) >= 11 is 5.21. The monoisotopic (exact) mass is 172 g/mol. The third kappa shape index (κ3) is 2.05. The fourth-order valence-electron chi connectivity index (χ4n) is 0.826. The Morgan fingerprint density at radius 2 is 2.55 bits per heavy atom. The van der Waals surface area contributed by atoms with E-state index in [9.17, 15) is 4.79 Å². The SMILES string of the molecule is CCCc1ncc(C(=O)Cl)[nH]1. The molecule has 0 saturated carbocycles. The molecule has 3 nitrogen and oxygen atoms in total. The maximum Gasteiger partial charge on any atom is 0.270 e. The first-order valence-electron chi connectivity index (χ1n) is 3.47. The Hall–Kier alpha value is -0.830. The van der Waals surface area contributed by atoms with Crippen LogP contribution in [0.5, 0.6) is 0 Å². The van der Waals surface area contributed by atoms with Gasteiger partial charge in [0.15, 0.2) is 0 Å². The molecule has 1 aromatic rings. The van der Waals surface area contributed by atoms with Gasteiger partial charge in [0.2, 0.25) is 0 Å². The highest BCUT2D eigenvalue weighted by Gasteiger charge is 2.04. The van der Waals surface area contributed by atoms with Crippen molar-refractivity contribution in [3.63, 3.8) is 0 Å². The molecule has 1 rings (SSSR count). The molecule has 0 aliphatic carbocycles. The van der Waals surface area contributed by atoms with Crippen LogP contribution in [0, 0.1) is 0 Å². The summed E-state index contributed by atoms with van der Waals surface area (Å²) in [5.74, 6) is 0.816. The van der Waals surface area contributed by atoms with E-state index in [-0.39, 0.29) is 0 Å². The molecule has 4 heteroatoms. The van der Waals surface area contributed by atoms with Gasteiger partial charge in [-0.1, -0.05) is 6.92 Å². The van der Waals surface area contributed by atoms with Gasteiger partial charge in [-0.05, 0) is 18.0 Å². The summed E-state index contributed by atoms with van der Waals surface area (Å²) in [6.45, 7) is 2.05. The zero-order chi connectivity index (χ0) is 8.27. The van der Waals surface area contributed by atoms with Crippen molar-refractivity contribution in [1.29, 1.82) is 0 Å². The number of rotatable bonds is 3. The molecule has 11 heavy (non-hydrogen) atoms. The van der Waals surface area contributed by atoms with E-state index in [0.717, 1.165) is 18.7 Å². The van der Waals surface area contributed by atoms with Crippen LogP contribution in [0.1, 0.15) is 29.7 Å². The van der Waals surface area contributed by atoms with Gasteiger partial charge in [-0.3, -0.25) is 4.79 Å². The van der Waals surface area contributed by atoms with Gasteiger partial charge in [0, 0.05) is 6.42 Å². The van der Waals surface area contributed by atoms with Gasteiger partial charge in [0.25, 0.3) is 5.24 Å². The van der Waals surface area contributed by atoms with E-state index in [4.69, 9.17) is 11.6 Å². The van der Waals surface area contributed by atoms with Gasteiger partial charge < -0.3 is 4.98 Å². The van der Waals surface area contributed by atoms with Crippen LogP contribution in [-0.4, -0.2) is 15.2 Å². The first-order valence-corrected chi connectivity index (χ1v) is 3.85. The summed E-state index contributed by atoms with van der Waals surface area (Å²) in [7, 11) is 0. The Kier molecular flexibility index (Phi) is 2.65. The lowest BCUT2D eigenvalue weighted by molar-refractivity contribution is 0.107. The van der Waals surface area contributed by atoms with E-state index in [0.29, 0.717) is 5.69 Å². The van der Waals surface area contributed by atoms with E-state index >= 15 is 0 Å². The third-order valence-electron chi connectivity index (χ3n) is 1.33. The predicted molar refractivity (Wildman–Crippen MR) is 42.8 cm³/mol. The maximum absolute atomic E-state index is 10.6. The zero-order valence-electron chi connectivity index (χ0n) is 6.22. The van der Waals surface area contributed by atoms with Crippen molar-refractivity contribution < 1.29 is 4.79 Å². The molecule has 1 heterocycles. The fraction of sp³-hybridized carbons (Fsp3) is 0.429. The average Bonchev–Trinajstić information content (AvgIpc) is 2.37. The van der Waals surface area contributed by atoms with E-state index < -0.39 is 5.24 Å². The Labute approximate surface area is 69.8 Å². The Morgan fingerprint density at radius 3 is 3.00 bits per heavy atom. The van der Waals surface area contributed by atoms with Crippen molar-refractivity contribution in [1.82, 2.24) is 9.97 Å². The van der Waals surface area contributed by atoms with Crippen LogP contribution < -0.4 is 0 Å². The number of aromatic nitrogens is 2. The number of halogens is 1. The molecule has 0 aromatic carbocycles. The third-order valence-corrected chi connectivity index (χ3v) is 1.53. The molecule has 0 saturated heterocycles. The van der Waals surface area contributed by atoms with Crippen LogP contribution in [0.2, 0.25) is 0 Å². The number of imidazole rings is 1. The van der Waals surface area contributed by atoms with Gasteiger partial charge in [-0.15, -0.1) is 0 Å². The van der Waals surface area contributed by atoms with Gasteiger partial charge >= 0.3 is 0 Å². The number of carbonyl (C=O) groups is 1. The lowest BCUT2D eigenvalue weighted by Gasteiger charge is -1.88. The molecule has 0 radical (unpaired) electrons. The lowest BCUT2D eigenvalue weighted by atomic mass is 10.3. The van der Waals surface area contributed by atoms with Crippen LogP contribution in [0.25, 0.3) is 0 Å². The molecule has 0 bridgehead atoms. The molecule has 0 amide bonds. The van der Waals surface area contributed by atoms with Crippen molar-refractivity contribution in [3.05, 3.63) is 17.7 Å². The fourth-order valence-corrected chi connectivity index (χ4v) is 0.922. The quantitative estimate of drug-likeness (QED) is 0.706. The van der Waals surface area contributed by atoms with Crippen molar-refractivity contribution in [2.45, 2.75) is 19.8 Å². The molecule has 0 atom stereocenters. The molecule has 60 valence electrons. The van der Waals surface area contributed by atoms with E-state index in [1.165, 1.54) is 6.20 Å².